The second kappa shape index (κ2) is 8.74. The molecule has 1 unspecified atom stereocenters. The van der Waals surface area contributed by atoms with Crippen LogP contribution in [0.3, 0.4) is 0 Å². The summed E-state index contributed by atoms with van der Waals surface area (Å²) < 4.78 is 5.31. The first kappa shape index (κ1) is 20.7. The van der Waals surface area contributed by atoms with E-state index in [1.165, 1.54) is 5.56 Å². The summed E-state index contributed by atoms with van der Waals surface area (Å²) in [5, 5.41) is 0. The summed E-state index contributed by atoms with van der Waals surface area (Å²) >= 11 is 0. The second-order valence-electron chi connectivity index (χ2n) is 8.75. The number of benzene rings is 1. The van der Waals surface area contributed by atoms with E-state index in [0.29, 0.717) is 5.89 Å². The molecule has 2 aromatic heterocycles. The molecule has 1 atom stereocenters. The maximum Gasteiger partial charge on any atom is 0.230 e. The van der Waals surface area contributed by atoms with Crippen LogP contribution in [0.5, 0.6) is 0 Å². The molecular weight excluding hydrogens is 402 g/mol. The van der Waals surface area contributed by atoms with E-state index in [1.807, 2.05) is 48.4 Å². The SMILES string of the molecule is Cc1nc(-c2ccc(N3CCC(Cc4cccnc4N4CCN(C)CC4)C3=O)cc2)co1. The van der Waals surface area contributed by atoms with E-state index in [4.69, 9.17) is 4.42 Å². The zero-order valence-corrected chi connectivity index (χ0v) is 18.7. The number of pyridine rings is 1. The van der Waals surface area contributed by atoms with Gasteiger partial charge in [0, 0.05) is 63.0 Å². The highest BCUT2D eigenvalue weighted by Crippen LogP contribution is 2.31. The van der Waals surface area contributed by atoms with Gasteiger partial charge in [-0.3, -0.25) is 4.79 Å². The number of aryl methyl sites for hydroxylation is 1. The molecule has 4 heterocycles. The highest BCUT2D eigenvalue weighted by molar-refractivity contribution is 5.97. The van der Waals surface area contributed by atoms with Gasteiger partial charge in [0.25, 0.3) is 0 Å². The molecule has 0 radical (unpaired) electrons. The Labute approximate surface area is 188 Å². The highest BCUT2D eigenvalue weighted by atomic mass is 16.3. The molecule has 2 fully saturated rings. The van der Waals surface area contributed by atoms with Crippen LogP contribution >= 0.6 is 0 Å². The lowest BCUT2D eigenvalue weighted by molar-refractivity contribution is -0.120. The van der Waals surface area contributed by atoms with Crippen LogP contribution in [-0.2, 0) is 11.2 Å². The summed E-state index contributed by atoms with van der Waals surface area (Å²) in [5.74, 6) is 1.87. The van der Waals surface area contributed by atoms with E-state index in [1.54, 1.807) is 6.26 Å². The molecule has 166 valence electrons. The Morgan fingerprint density at radius 2 is 1.84 bits per heavy atom. The van der Waals surface area contributed by atoms with Gasteiger partial charge in [0.15, 0.2) is 5.89 Å². The van der Waals surface area contributed by atoms with Crippen molar-refractivity contribution in [2.45, 2.75) is 19.8 Å². The molecule has 1 aromatic carbocycles. The molecule has 7 nitrogen and oxygen atoms in total. The van der Waals surface area contributed by atoms with Crippen LogP contribution in [0, 0.1) is 12.8 Å². The zero-order valence-electron chi connectivity index (χ0n) is 18.7. The topological polar surface area (TPSA) is 65.7 Å². The standard InChI is InChI=1S/C25H29N5O2/c1-18-27-23(17-32-18)19-5-7-22(8-6-19)30-11-9-21(25(30)31)16-20-4-3-10-26-24(20)29-14-12-28(2)13-15-29/h3-8,10,17,21H,9,11-16H2,1-2H3. The van der Waals surface area contributed by atoms with Gasteiger partial charge >= 0.3 is 0 Å². The van der Waals surface area contributed by atoms with Crippen LogP contribution in [0.2, 0.25) is 0 Å². The fraction of sp³-hybridized carbons (Fsp3) is 0.400. The summed E-state index contributed by atoms with van der Waals surface area (Å²) in [6.07, 6.45) is 5.12. The number of amides is 1. The average molecular weight is 432 g/mol. The number of anilines is 2. The van der Waals surface area contributed by atoms with Crippen LogP contribution in [0.25, 0.3) is 11.3 Å². The number of hydrogen-bond acceptors (Lipinski definition) is 6. The second-order valence-corrected chi connectivity index (χ2v) is 8.75. The van der Waals surface area contributed by atoms with Crippen molar-refractivity contribution in [3.63, 3.8) is 0 Å². The maximum atomic E-state index is 13.3. The lowest BCUT2D eigenvalue weighted by Gasteiger charge is -2.34. The van der Waals surface area contributed by atoms with E-state index in [-0.39, 0.29) is 11.8 Å². The fourth-order valence-electron chi connectivity index (χ4n) is 4.65. The lowest BCUT2D eigenvalue weighted by Crippen LogP contribution is -2.45. The van der Waals surface area contributed by atoms with Crippen molar-refractivity contribution in [3.05, 3.63) is 60.3 Å². The monoisotopic (exact) mass is 431 g/mol. The number of hydrogen-bond donors (Lipinski definition) is 0. The number of likely N-dealkylation sites (N-methyl/N-ethyl adjacent to an activating group) is 1. The molecule has 0 saturated carbocycles. The number of oxazole rings is 1. The van der Waals surface area contributed by atoms with Crippen molar-refractivity contribution in [1.29, 1.82) is 0 Å². The minimum Gasteiger partial charge on any atom is -0.449 e. The normalized spacial score (nSPS) is 19.7. The number of carbonyl (C=O) groups excluding carboxylic acids is 1. The smallest absolute Gasteiger partial charge is 0.230 e. The van der Waals surface area contributed by atoms with Crippen LogP contribution in [0.15, 0.2) is 53.3 Å². The molecule has 0 spiro atoms. The van der Waals surface area contributed by atoms with Crippen LogP contribution in [0.4, 0.5) is 11.5 Å². The number of aromatic nitrogens is 2. The van der Waals surface area contributed by atoms with Gasteiger partial charge < -0.3 is 19.1 Å². The van der Waals surface area contributed by atoms with Gasteiger partial charge in [-0.25, -0.2) is 9.97 Å². The average Bonchev–Trinajstić information content (AvgIpc) is 3.41. The Bertz CT molecular complexity index is 1090. The highest BCUT2D eigenvalue weighted by Gasteiger charge is 2.33. The van der Waals surface area contributed by atoms with Crippen molar-refractivity contribution in [2.75, 3.05) is 49.6 Å². The molecule has 32 heavy (non-hydrogen) atoms. The fourth-order valence-corrected chi connectivity index (χ4v) is 4.65. The third kappa shape index (κ3) is 4.12. The first-order valence-corrected chi connectivity index (χ1v) is 11.3. The van der Waals surface area contributed by atoms with Crippen molar-refractivity contribution < 1.29 is 9.21 Å². The Kier molecular flexibility index (Phi) is 5.66. The number of rotatable bonds is 5. The summed E-state index contributed by atoms with van der Waals surface area (Å²) in [7, 11) is 2.15. The van der Waals surface area contributed by atoms with Crippen molar-refractivity contribution in [2.24, 2.45) is 5.92 Å². The van der Waals surface area contributed by atoms with Gasteiger partial charge in [-0.2, -0.15) is 0 Å². The van der Waals surface area contributed by atoms with Crippen molar-refractivity contribution >= 4 is 17.4 Å². The van der Waals surface area contributed by atoms with Crippen LogP contribution in [-0.4, -0.2) is 60.5 Å². The Morgan fingerprint density at radius 1 is 1.06 bits per heavy atom. The molecule has 0 bridgehead atoms. The Hall–Kier alpha value is -3.19. The predicted molar refractivity (Wildman–Crippen MR) is 125 cm³/mol. The molecule has 2 aliphatic rings. The first-order chi connectivity index (χ1) is 15.6. The molecule has 3 aromatic rings. The largest absolute Gasteiger partial charge is 0.449 e. The summed E-state index contributed by atoms with van der Waals surface area (Å²) in [6.45, 7) is 6.60. The first-order valence-electron chi connectivity index (χ1n) is 11.3. The van der Waals surface area contributed by atoms with Gasteiger partial charge in [0.2, 0.25) is 5.91 Å². The minimum absolute atomic E-state index is 0.0109. The number of carbonyl (C=O) groups is 1. The Morgan fingerprint density at radius 3 is 2.56 bits per heavy atom. The van der Waals surface area contributed by atoms with Gasteiger partial charge in [-0.1, -0.05) is 18.2 Å². The molecular formula is C25H29N5O2. The molecule has 1 amide bonds. The van der Waals surface area contributed by atoms with Crippen molar-refractivity contribution in [3.8, 4) is 11.3 Å². The van der Waals surface area contributed by atoms with Crippen LogP contribution < -0.4 is 9.80 Å². The number of piperazine rings is 1. The van der Waals surface area contributed by atoms with Crippen molar-refractivity contribution in [1.82, 2.24) is 14.9 Å². The van der Waals surface area contributed by atoms with E-state index in [0.717, 1.165) is 68.3 Å². The van der Waals surface area contributed by atoms with E-state index >= 15 is 0 Å². The summed E-state index contributed by atoms with van der Waals surface area (Å²) in [5.41, 5.74) is 3.91. The minimum atomic E-state index is -0.0109. The third-order valence-electron chi connectivity index (χ3n) is 6.55. The number of nitrogens with zero attached hydrogens (tertiary/aromatic N) is 5. The molecule has 7 heteroatoms. The maximum absolute atomic E-state index is 13.3. The molecule has 5 rings (SSSR count). The quantitative estimate of drug-likeness (QED) is 0.617. The van der Waals surface area contributed by atoms with Gasteiger partial charge in [0.05, 0.1) is 0 Å². The van der Waals surface area contributed by atoms with Crippen LogP contribution in [0.1, 0.15) is 17.9 Å². The van der Waals surface area contributed by atoms with E-state index in [9.17, 15) is 4.79 Å². The molecule has 2 aliphatic heterocycles. The zero-order chi connectivity index (χ0) is 22.1. The van der Waals surface area contributed by atoms with Gasteiger partial charge in [-0.15, -0.1) is 0 Å². The predicted octanol–water partition coefficient (Wildman–Crippen LogP) is 3.39. The Balaban J connectivity index is 1.28. The van der Waals surface area contributed by atoms with E-state index < -0.39 is 0 Å². The molecule has 0 aliphatic carbocycles. The lowest BCUT2D eigenvalue weighted by atomic mass is 9.98. The summed E-state index contributed by atoms with van der Waals surface area (Å²) in [4.78, 5) is 28.9. The van der Waals surface area contributed by atoms with Gasteiger partial charge in [0.1, 0.15) is 17.8 Å². The van der Waals surface area contributed by atoms with E-state index in [2.05, 4.69) is 32.9 Å². The molecule has 2 saturated heterocycles. The third-order valence-corrected chi connectivity index (χ3v) is 6.55. The molecule has 0 N–H and O–H groups in total. The summed E-state index contributed by atoms with van der Waals surface area (Å²) in [6, 6.07) is 12.1. The van der Waals surface area contributed by atoms with Gasteiger partial charge in [-0.05, 0) is 43.7 Å².